The Labute approximate surface area is 143 Å². The van der Waals surface area contributed by atoms with Crippen molar-refractivity contribution in [1.82, 2.24) is 20.2 Å². The molecule has 4 N–H and O–H groups in total. The topological polar surface area (TPSA) is 98.8 Å². The molecule has 0 radical (unpaired) electrons. The zero-order valence-corrected chi connectivity index (χ0v) is 13.3. The van der Waals surface area contributed by atoms with Crippen LogP contribution >= 0.6 is 0 Å². The summed E-state index contributed by atoms with van der Waals surface area (Å²) in [6.45, 7) is -0.00726. The maximum Gasteiger partial charge on any atom is 0.229 e. The van der Waals surface area contributed by atoms with E-state index in [0.29, 0.717) is 11.8 Å². The van der Waals surface area contributed by atoms with Crippen LogP contribution in [-0.2, 0) is 6.61 Å². The maximum atomic E-state index is 9.23. The van der Waals surface area contributed by atoms with Crippen LogP contribution in [0.5, 0.6) is 0 Å². The highest BCUT2D eigenvalue weighted by Gasteiger charge is 2.05. The molecule has 0 saturated heterocycles. The largest absolute Gasteiger partial charge is 0.392 e. The highest BCUT2D eigenvalue weighted by Crippen LogP contribution is 2.24. The van der Waals surface area contributed by atoms with E-state index in [1.807, 2.05) is 42.5 Å². The highest BCUT2D eigenvalue weighted by molar-refractivity contribution is 5.92. The number of aromatic amines is 1. The van der Waals surface area contributed by atoms with Crippen LogP contribution in [0.4, 0.5) is 23.1 Å². The van der Waals surface area contributed by atoms with Crippen molar-refractivity contribution >= 4 is 34.0 Å². The predicted molar refractivity (Wildman–Crippen MR) is 97.1 cm³/mol. The molecule has 0 unspecified atom stereocenters. The molecule has 0 bridgehead atoms. The second-order valence-corrected chi connectivity index (χ2v) is 5.51. The molecule has 0 aliphatic heterocycles. The first-order chi connectivity index (χ1) is 12.3. The number of aliphatic hydroxyl groups is 1. The lowest BCUT2D eigenvalue weighted by molar-refractivity contribution is 0.282. The SMILES string of the molecule is OCc1cccc(Nc2nccc(Nc3cccc4[nH]ncc34)n2)c1. The molecule has 7 heteroatoms. The van der Waals surface area contributed by atoms with Crippen molar-refractivity contribution in [2.24, 2.45) is 0 Å². The Morgan fingerprint density at radius 3 is 2.88 bits per heavy atom. The summed E-state index contributed by atoms with van der Waals surface area (Å²) in [4.78, 5) is 8.72. The zero-order chi connectivity index (χ0) is 17.1. The first kappa shape index (κ1) is 15.1. The van der Waals surface area contributed by atoms with Crippen LogP contribution in [0.3, 0.4) is 0 Å². The Hall–Kier alpha value is -3.45. The summed E-state index contributed by atoms with van der Waals surface area (Å²) in [6.07, 6.45) is 3.46. The number of nitrogens with zero attached hydrogens (tertiary/aromatic N) is 3. The number of rotatable bonds is 5. The minimum atomic E-state index is -0.00726. The summed E-state index contributed by atoms with van der Waals surface area (Å²) in [5, 5.41) is 23.7. The van der Waals surface area contributed by atoms with Gasteiger partial charge in [0.1, 0.15) is 5.82 Å². The fourth-order valence-electron chi connectivity index (χ4n) is 2.58. The molecular formula is C18H16N6O. The molecule has 0 amide bonds. The van der Waals surface area contributed by atoms with Crippen LogP contribution in [-0.4, -0.2) is 25.3 Å². The zero-order valence-electron chi connectivity index (χ0n) is 13.3. The van der Waals surface area contributed by atoms with Gasteiger partial charge in [0.2, 0.25) is 5.95 Å². The number of aliphatic hydroxyl groups excluding tert-OH is 1. The number of nitrogens with one attached hydrogen (secondary N) is 3. The predicted octanol–water partition coefficient (Wildman–Crippen LogP) is 3.33. The molecule has 7 nitrogen and oxygen atoms in total. The van der Waals surface area contributed by atoms with Gasteiger partial charge in [0.15, 0.2) is 0 Å². The van der Waals surface area contributed by atoms with Gasteiger partial charge in [0.25, 0.3) is 0 Å². The molecule has 2 aromatic heterocycles. The van der Waals surface area contributed by atoms with Crippen LogP contribution in [0.2, 0.25) is 0 Å². The number of aromatic nitrogens is 4. The molecule has 0 saturated carbocycles. The van der Waals surface area contributed by atoms with Gasteiger partial charge in [-0.25, -0.2) is 4.98 Å². The average molecular weight is 332 g/mol. The first-order valence-electron chi connectivity index (χ1n) is 7.81. The lowest BCUT2D eigenvalue weighted by Gasteiger charge is -2.09. The second kappa shape index (κ2) is 6.58. The monoisotopic (exact) mass is 332 g/mol. The van der Waals surface area contributed by atoms with Crippen molar-refractivity contribution in [2.75, 3.05) is 10.6 Å². The molecule has 0 aliphatic carbocycles. The third-order valence-electron chi connectivity index (χ3n) is 3.77. The average Bonchev–Trinajstić information content (AvgIpc) is 3.12. The minimum absolute atomic E-state index is 0.00726. The van der Waals surface area contributed by atoms with Gasteiger partial charge in [-0.1, -0.05) is 18.2 Å². The summed E-state index contributed by atoms with van der Waals surface area (Å²) >= 11 is 0. The summed E-state index contributed by atoms with van der Waals surface area (Å²) in [5.74, 6) is 1.14. The molecule has 124 valence electrons. The Morgan fingerprint density at radius 1 is 1.04 bits per heavy atom. The normalized spacial score (nSPS) is 10.8. The van der Waals surface area contributed by atoms with Crippen molar-refractivity contribution in [3.8, 4) is 0 Å². The van der Waals surface area contributed by atoms with Crippen molar-refractivity contribution in [1.29, 1.82) is 0 Å². The van der Waals surface area contributed by atoms with Crippen LogP contribution in [0.15, 0.2) is 60.9 Å². The number of anilines is 4. The van der Waals surface area contributed by atoms with Crippen LogP contribution in [0.25, 0.3) is 10.9 Å². The molecule has 0 fully saturated rings. The molecule has 25 heavy (non-hydrogen) atoms. The van der Waals surface area contributed by atoms with E-state index in [1.54, 1.807) is 18.5 Å². The van der Waals surface area contributed by atoms with E-state index in [0.717, 1.165) is 27.8 Å². The fourth-order valence-corrected chi connectivity index (χ4v) is 2.58. The summed E-state index contributed by atoms with van der Waals surface area (Å²) < 4.78 is 0. The number of H-pyrrole nitrogens is 1. The molecule has 4 aromatic rings. The van der Waals surface area contributed by atoms with E-state index in [9.17, 15) is 5.11 Å². The van der Waals surface area contributed by atoms with E-state index < -0.39 is 0 Å². The van der Waals surface area contributed by atoms with E-state index in [-0.39, 0.29) is 6.61 Å². The van der Waals surface area contributed by atoms with Gasteiger partial charge >= 0.3 is 0 Å². The Morgan fingerprint density at radius 2 is 1.96 bits per heavy atom. The van der Waals surface area contributed by atoms with Gasteiger partial charge in [-0.3, -0.25) is 5.10 Å². The molecular weight excluding hydrogens is 316 g/mol. The van der Waals surface area contributed by atoms with Crippen LogP contribution in [0, 0.1) is 0 Å². The molecule has 0 atom stereocenters. The summed E-state index contributed by atoms with van der Waals surface area (Å²) in [7, 11) is 0. The fraction of sp³-hybridized carbons (Fsp3) is 0.0556. The quantitative estimate of drug-likeness (QED) is 0.447. The molecule has 4 rings (SSSR count). The van der Waals surface area contributed by atoms with Crippen LogP contribution in [0.1, 0.15) is 5.56 Å². The van der Waals surface area contributed by atoms with E-state index in [2.05, 4.69) is 30.8 Å². The van der Waals surface area contributed by atoms with E-state index in [4.69, 9.17) is 0 Å². The number of hydrogen-bond acceptors (Lipinski definition) is 6. The third-order valence-corrected chi connectivity index (χ3v) is 3.77. The molecule has 0 spiro atoms. The van der Waals surface area contributed by atoms with Gasteiger partial charge in [0, 0.05) is 17.3 Å². The summed E-state index contributed by atoms with van der Waals surface area (Å²) in [6, 6.07) is 15.2. The molecule has 2 heterocycles. The van der Waals surface area contributed by atoms with Gasteiger partial charge in [-0.2, -0.15) is 10.1 Å². The van der Waals surface area contributed by atoms with Crippen molar-refractivity contribution in [2.45, 2.75) is 6.61 Å². The van der Waals surface area contributed by atoms with Crippen LogP contribution < -0.4 is 10.6 Å². The number of benzene rings is 2. The van der Waals surface area contributed by atoms with Gasteiger partial charge in [0.05, 0.1) is 24.0 Å². The van der Waals surface area contributed by atoms with Crippen molar-refractivity contribution in [3.63, 3.8) is 0 Å². The van der Waals surface area contributed by atoms with Gasteiger partial charge in [-0.05, 0) is 35.9 Å². The number of hydrogen-bond donors (Lipinski definition) is 4. The van der Waals surface area contributed by atoms with Crippen molar-refractivity contribution in [3.05, 3.63) is 66.5 Å². The molecule has 0 aliphatic rings. The Kier molecular flexibility index (Phi) is 3.97. The number of fused-ring (bicyclic) bond motifs is 1. The van der Waals surface area contributed by atoms with Gasteiger partial charge < -0.3 is 15.7 Å². The third kappa shape index (κ3) is 3.26. The van der Waals surface area contributed by atoms with Gasteiger partial charge in [-0.15, -0.1) is 0 Å². The summed E-state index contributed by atoms with van der Waals surface area (Å²) in [5.41, 5.74) is 3.52. The van der Waals surface area contributed by atoms with E-state index >= 15 is 0 Å². The standard InChI is InChI=1S/C18H16N6O/c25-11-12-3-1-4-13(9-12)21-18-19-8-7-17(23-18)22-15-5-2-6-16-14(15)10-20-24-16/h1-10,25H,11H2,(H,20,24)(H2,19,21,22,23). The highest BCUT2D eigenvalue weighted by atomic mass is 16.3. The maximum absolute atomic E-state index is 9.23. The Balaban J connectivity index is 1.58. The lowest BCUT2D eigenvalue weighted by Crippen LogP contribution is -2.01. The van der Waals surface area contributed by atoms with E-state index in [1.165, 1.54) is 0 Å². The van der Waals surface area contributed by atoms with Crippen molar-refractivity contribution < 1.29 is 5.11 Å². The minimum Gasteiger partial charge on any atom is -0.392 e. The second-order valence-electron chi connectivity index (χ2n) is 5.51. The smallest absolute Gasteiger partial charge is 0.229 e. The first-order valence-corrected chi connectivity index (χ1v) is 7.81. The molecule has 2 aromatic carbocycles. The lowest BCUT2D eigenvalue weighted by atomic mass is 10.2. The Bertz CT molecular complexity index is 1010.